The third-order valence-corrected chi connectivity index (χ3v) is 8.84. The van der Waals surface area contributed by atoms with Gasteiger partial charge in [-0.25, -0.2) is 14.2 Å². The van der Waals surface area contributed by atoms with Gasteiger partial charge in [-0.15, -0.1) is 0 Å². The summed E-state index contributed by atoms with van der Waals surface area (Å²) in [6, 6.07) is 9.92. The molecule has 3 atom stereocenters. The maximum Gasteiger partial charge on any atom is 0.324 e. The molecule has 0 radical (unpaired) electrons. The molecule has 47 heavy (non-hydrogen) atoms. The van der Waals surface area contributed by atoms with Crippen LogP contribution in [-0.2, 0) is 17.6 Å². The summed E-state index contributed by atoms with van der Waals surface area (Å²) in [6.07, 6.45) is 4.50. The van der Waals surface area contributed by atoms with Crippen LogP contribution in [0.3, 0.4) is 0 Å². The molecule has 1 unspecified atom stereocenters. The van der Waals surface area contributed by atoms with E-state index >= 15 is 0 Å². The lowest BCUT2D eigenvalue weighted by molar-refractivity contribution is -0.139. The molecule has 250 valence electrons. The fraction of sp³-hybridized carbons (Fsp3) is 0.444. The minimum atomic E-state index is -1.19. The maximum atomic E-state index is 14.1. The number of nitrogens with zero attached hydrogens (tertiary/aromatic N) is 4. The highest BCUT2D eigenvalue weighted by molar-refractivity contribution is 5.90. The standard InChI is InChI=1S/C36H44FN5O5/c1-21(2)34-28(15-14-24(43)19-25(44)20-32(45)46)33(22-10-12-23(37)13-11-22)27-7-5-8-29-26(35(27)40-34)16-17-30(38-29)39-36(47)42-18-6-9-31(42)41(3)4/h10-17,21,24-25,31,43-44H,5-9,18-20H2,1-4H3,(H,45,46)(H,38,39,47)/b15-14+/t24-,25-,31?/m1/s1. The number of carboxylic acid groups (broad SMARTS) is 1. The number of pyridine rings is 2. The summed E-state index contributed by atoms with van der Waals surface area (Å²) < 4.78 is 14.1. The number of anilines is 1. The number of aryl methyl sites for hydroxylation is 1. The number of nitrogens with one attached hydrogen (secondary N) is 1. The smallest absolute Gasteiger partial charge is 0.324 e. The number of hydrogen-bond donors (Lipinski definition) is 4. The molecule has 2 amide bonds. The van der Waals surface area contributed by atoms with Crippen molar-refractivity contribution in [1.82, 2.24) is 19.8 Å². The van der Waals surface area contributed by atoms with E-state index in [-0.39, 0.29) is 30.4 Å². The van der Waals surface area contributed by atoms with Gasteiger partial charge in [0.05, 0.1) is 41.9 Å². The molecular formula is C36H44FN5O5. The number of aromatic nitrogens is 2. The zero-order valence-electron chi connectivity index (χ0n) is 27.4. The Bertz CT molecular complexity index is 1640. The number of carbonyl (C=O) groups is 2. The van der Waals surface area contributed by atoms with E-state index in [1.165, 1.54) is 12.1 Å². The van der Waals surface area contributed by atoms with E-state index in [0.29, 0.717) is 25.2 Å². The summed E-state index contributed by atoms with van der Waals surface area (Å²) in [4.78, 5) is 38.2. The molecular weight excluding hydrogens is 601 g/mol. The van der Waals surface area contributed by atoms with Crippen LogP contribution in [0.2, 0.25) is 0 Å². The number of aliphatic hydroxyl groups excluding tert-OH is 2. The van der Waals surface area contributed by atoms with Gasteiger partial charge in [-0.05, 0) is 93.1 Å². The molecule has 1 aliphatic carbocycles. The molecule has 3 heterocycles. The molecule has 1 fully saturated rings. The van der Waals surface area contributed by atoms with Crippen LogP contribution < -0.4 is 5.32 Å². The minimum absolute atomic E-state index is 0.0304. The highest BCUT2D eigenvalue weighted by Crippen LogP contribution is 2.42. The van der Waals surface area contributed by atoms with E-state index in [2.05, 4.69) is 10.2 Å². The van der Waals surface area contributed by atoms with E-state index in [9.17, 15) is 24.2 Å². The molecule has 4 N–H and O–H groups in total. The normalized spacial score (nSPS) is 17.5. The first-order valence-electron chi connectivity index (χ1n) is 16.3. The summed E-state index contributed by atoms with van der Waals surface area (Å²) in [5.74, 6) is -1.04. The highest BCUT2D eigenvalue weighted by Gasteiger charge is 2.31. The SMILES string of the molecule is CC(C)c1nc2c(c(-c3ccc(F)cc3)c1/C=C/[C@@H](O)C[C@@H](O)CC(=O)O)CCCc1nc(NC(=O)N3CCCC3N(C)C)ccc1-2. The second-order valence-corrected chi connectivity index (χ2v) is 12.9. The van der Waals surface area contributed by atoms with Gasteiger partial charge in [-0.3, -0.25) is 20.0 Å². The first-order chi connectivity index (χ1) is 22.4. The van der Waals surface area contributed by atoms with E-state index < -0.39 is 24.6 Å². The Morgan fingerprint density at radius 2 is 1.83 bits per heavy atom. The Kier molecular flexibility index (Phi) is 10.7. The molecule has 0 saturated carbocycles. The Labute approximate surface area is 275 Å². The first-order valence-corrected chi connectivity index (χ1v) is 16.3. The lowest BCUT2D eigenvalue weighted by atomic mass is 9.86. The van der Waals surface area contributed by atoms with Gasteiger partial charge >= 0.3 is 12.0 Å². The maximum absolute atomic E-state index is 14.1. The van der Waals surface area contributed by atoms with Crippen molar-refractivity contribution in [2.45, 2.75) is 83.1 Å². The fourth-order valence-electron chi connectivity index (χ4n) is 6.64. The van der Waals surface area contributed by atoms with Gasteiger partial charge in [0, 0.05) is 24.1 Å². The third-order valence-electron chi connectivity index (χ3n) is 8.84. The average Bonchev–Trinajstić information content (AvgIpc) is 3.44. The van der Waals surface area contributed by atoms with Gasteiger partial charge < -0.3 is 20.2 Å². The van der Waals surface area contributed by atoms with Crippen LogP contribution in [0.5, 0.6) is 0 Å². The number of aliphatic hydroxyl groups is 2. The van der Waals surface area contributed by atoms with Gasteiger partial charge in [-0.2, -0.15) is 0 Å². The Morgan fingerprint density at radius 1 is 1.09 bits per heavy atom. The summed E-state index contributed by atoms with van der Waals surface area (Å²) in [5.41, 5.74) is 6.70. The zero-order valence-corrected chi connectivity index (χ0v) is 27.4. The van der Waals surface area contributed by atoms with Crippen molar-refractivity contribution >= 4 is 23.9 Å². The average molecular weight is 646 g/mol. The van der Waals surface area contributed by atoms with E-state index in [4.69, 9.17) is 15.1 Å². The number of carbonyl (C=O) groups excluding carboxylic acids is 1. The lowest BCUT2D eigenvalue weighted by Gasteiger charge is -2.29. The van der Waals surface area contributed by atoms with Crippen molar-refractivity contribution in [1.29, 1.82) is 0 Å². The summed E-state index contributed by atoms with van der Waals surface area (Å²) >= 11 is 0. The largest absolute Gasteiger partial charge is 0.481 e. The molecule has 2 aliphatic rings. The molecule has 3 aromatic rings. The van der Waals surface area contributed by atoms with Gasteiger partial charge in [0.2, 0.25) is 0 Å². The van der Waals surface area contributed by atoms with Gasteiger partial charge in [0.1, 0.15) is 11.6 Å². The van der Waals surface area contributed by atoms with Crippen LogP contribution in [0, 0.1) is 5.82 Å². The van der Waals surface area contributed by atoms with E-state index in [1.807, 2.05) is 45.0 Å². The van der Waals surface area contributed by atoms with Crippen LogP contribution in [0.4, 0.5) is 15.0 Å². The second-order valence-electron chi connectivity index (χ2n) is 12.9. The van der Waals surface area contributed by atoms with E-state index in [1.54, 1.807) is 24.3 Å². The monoisotopic (exact) mass is 645 g/mol. The van der Waals surface area contributed by atoms with Crippen molar-refractivity contribution in [2.24, 2.45) is 0 Å². The van der Waals surface area contributed by atoms with Gasteiger partial charge in [-0.1, -0.05) is 38.1 Å². The summed E-state index contributed by atoms with van der Waals surface area (Å²) in [6.45, 7) is 4.75. The molecule has 1 aliphatic heterocycles. The number of halogens is 1. The van der Waals surface area contributed by atoms with E-state index in [0.717, 1.165) is 64.2 Å². The molecule has 11 heteroatoms. The van der Waals surface area contributed by atoms with Crippen LogP contribution in [0.1, 0.15) is 74.4 Å². The third kappa shape index (κ3) is 7.86. The number of likely N-dealkylation sites (tertiary alicyclic amines) is 1. The number of fused-ring (bicyclic) bond motifs is 3. The number of benzene rings is 1. The highest BCUT2D eigenvalue weighted by atomic mass is 19.1. The summed E-state index contributed by atoms with van der Waals surface area (Å²) in [5, 5.41) is 32.8. The Hall–Kier alpha value is -4.19. The van der Waals surface area contributed by atoms with Crippen LogP contribution in [0.15, 0.2) is 42.5 Å². The molecule has 5 rings (SSSR count). The molecule has 0 bridgehead atoms. The molecule has 1 saturated heterocycles. The quantitative estimate of drug-likeness (QED) is 0.221. The predicted octanol–water partition coefficient (Wildman–Crippen LogP) is 5.68. The second kappa shape index (κ2) is 14.7. The summed E-state index contributed by atoms with van der Waals surface area (Å²) in [7, 11) is 3.95. The van der Waals surface area contributed by atoms with Crippen molar-refractivity contribution in [2.75, 3.05) is 26.0 Å². The number of hydrogen-bond acceptors (Lipinski definition) is 7. The van der Waals surface area contributed by atoms with Crippen LogP contribution in [0.25, 0.3) is 28.5 Å². The van der Waals surface area contributed by atoms with Crippen molar-refractivity contribution in [3.8, 4) is 22.4 Å². The first kappa shape index (κ1) is 34.2. The number of aliphatic carboxylic acids is 1. The lowest BCUT2D eigenvalue weighted by Crippen LogP contribution is -2.45. The van der Waals surface area contributed by atoms with Crippen molar-refractivity contribution in [3.05, 3.63) is 70.8 Å². The predicted molar refractivity (Wildman–Crippen MR) is 179 cm³/mol. The van der Waals surface area contributed by atoms with Crippen molar-refractivity contribution in [3.63, 3.8) is 0 Å². The Morgan fingerprint density at radius 3 is 2.51 bits per heavy atom. The van der Waals surface area contributed by atoms with Gasteiger partial charge in [0.25, 0.3) is 0 Å². The number of carboxylic acids is 1. The topological polar surface area (TPSA) is 139 Å². The number of amides is 2. The van der Waals surface area contributed by atoms with Crippen LogP contribution in [-0.4, -0.2) is 86.1 Å². The molecule has 2 aromatic heterocycles. The van der Waals surface area contributed by atoms with Crippen molar-refractivity contribution < 1.29 is 29.3 Å². The van der Waals surface area contributed by atoms with Gasteiger partial charge in [0.15, 0.2) is 0 Å². The molecule has 10 nitrogen and oxygen atoms in total. The Balaban J connectivity index is 1.57. The zero-order chi connectivity index (χ0) is 33.8. The minimum Gasteiger partial charge on any atom is -0.481 e. The fourth-order valence-corrected chi connectivity index (χ4v) is 6.64. The number of rotatable bonds is 10. The van der Waals surface area contributed by atoms with Crippen LogP contribution >= 0.6 is 0 Å². The number of urea groups is 1. The molecule has 1 aromatic carbocycles. The molecule has 0 spiro atoms.